The average molecular weight is 324 g/mol. The second kappa shape index (κ2) is 6.74. The number of nitrogens with zero attached hydrogens (tertiary/aromatic N) is 3. The summed E-state index contributed by atoms with van der Waals surface area (Å²) >= 11 is 0. The summed E-state index contributed by atoms with van der Waals surface area (Å²) in [5.74, 6) is 2.61. The molecule has 0 bridgehead atoms. The minimum atomic E-state index is -0.388. The smallest absolute Gasteiger partial charge is 0.224 e. The Kier molecular flexibility index (Phi) is 4.68. The van der Waals surface area contributed by atoms with Crippen LogP contribution in [0, 0.1) is 12.3 Å². The first-order valence-corrected chi connectivity index (χ1v) is 8.50. The van der Waals surface area contributed by atoms with Gasteiger partial charge in [0.05, 0.1) is 0 Å². The van der Waals surface area contributed by atoms with Gasteiger partial charge >= 0.3 is 0 Å². The molecule has 24 heavy (non-hydrogen) atoms. The number of rotatable bonds is 7. The number of carbonyl (C=O) groups is 1. The quantitative estimate of drug-likeness (QED) is 0.780. The fraction of sp³-hybridized carbons (Fsp3) is 0.526. The number of carbonyl (C=O) groups excluding carboxylic acids is 1. The van der Waals surface area contributed by atoms with Gasteiger partial charge in [-0.15, -0.1) is 12.3 Å². The third kappa shape index (κ3) is 3.65. The van der Waals surface area contributed by atoms with Crippen LogP contribution in [0.4, 0.5) is 5.69 Å². The molecule has 0 saturated heterocycles. The Balaban J connectivity index is 1.53. The molecule has 0 fully saturated rings. The highest BCUT2D eigenvalue weighted by molar-refractivity contribution is 5.90. The Bertz CT molecular complexity index is 696. The van der Waals surface area contributed by atoms with Crippen LogP contribution < -0.4 is 5.32 Å². The van der Waals surface area contributed by atoms with Crippen molar-refractivity contribution in [2.45, 2.75) is 50.2 Å². The molecule has 1 unspecified atom stereocenters. The molecule has 1 heterocycles. The summed E-state index contributed by atoms with van der Waals surface area (Å²) in [6.45, 7) is 0. The van der Waals surface area contributed by atoms with Crippen molar-refractivity contribution < 1.29 is 4.79 Å². The predicted molar refractivity (Wildman–Crippen MR) is 94.7 cm³/mol. The molecule has 0 radical (unpaired) electrons. The Labute approximate surface area is 143 Å². The van der Waals surface area contributed by atoms with Crippen LogP contribution >= 0.6 is 0 Å². The van der Waals surface area contributed by atoms with Crippen molar-refractivity contribution in [1.82, 2.24) is 4.90 Å². The Hall–Kier alpha value is -2.19. The lowest BCUT2D eigenvalue weighted by atomic mass is 10.0. The minimum Gasteiger partial charge on any atom is -0.326 e. The highest BCUT2D eigenvalue weighted by atomic mass is 16.1. The number of amides is 1. The highest BCUT2D eigenvalue weighted by Gasteiger charge is 2.39. The van der Waals surface area contributed by atoms with Gasteiger partial charge in [0.25, 0.3) is 0 Å². The molecule has 5 heteroatoms. The fourth-order valence-electron chi connectivity index (χ4n) is 3.41. The summed E-state index contributed by atoms with van der Waals surface area (Å²) in [5, 5.41) is 11.1. The second-order valence-corrected chi connectivity index (χ2v) is 6.87. The van der Waals surface area contributed by atoms with Gasteiger partial charge in [-0.2, -0.15) is 10.2 Å². The number of terminal acetylenes is 1. The summed E-state index contributed by atoms with van der Waals surface area (Å²) < 4.78 is 0. The number of anilines is 1. The van der Waals surface area contributed by atoms with E-state index in [0.29, 0.717) is 25.3 Å². The zero-order valence-electron chi connectivity index (χ0n) is 14.4. The van der Waals surface area contributed by atoms with Crippen LogP contribution in [0.3, 0.4) is 0 Å². The van der Waals surface area contributed by atoms with Crippen molar-refractivity contribution in [2.75, 3.05) is 19.4 Å². The number of fused-ring (bicyclic) bond motifs is 1. The molecule has 3 rings (SSSR count). The van der Waals surface area contributed by atoms with E-state index in [1.165, 1.54) is 11.1 Å². The lowest BCUT2D eigenvalue weighted by Crippen LogP contribution is -2.18. The first-order chi connectivity index (χ1) is 11.5. The van der Waals surface area contributed by atoms with E-state index in [9.17, 15) is 4.79 Å². The maximum Gasteiger partial charge on any atom is 0.224 e. The molecule has 1 amide bonds. The van der Waals surface area contributed by atoms with Gasteiger partial charge in [0, 0.05) is 37.4 Å². The average Bonchev–Trinajstić information content (AvgIpc) is 3.20. The predicted octanol–water partition coefficient (Wildman–Crippen LogP) is 3.53. The van der Waals surface area contributed by atoms with Gasteiger partial charge in [0.15, 0.2) is 5.66 Å². The van der Waals surface area contributed by atoms with E-state index in [1.807, 2.05) is 6.07 Å². The lowest BCUT2D eigenvalue weighted by molar-refractivity contribution is -0.116. The summed E-state index contributed by atoms with van der Waals surface area (Å²) in [5.41, 5.74) is 3.20. The molecule has 0 saturated carbocycles. The van der Waals surface area contributed by atoms with E-state index in [1.54, 1.807) is 0 Å². The molecule has 5 nitrogen and oxygen atoms in total. The molecule has 1 aromatic rings. The summed E-state index contributed by atoms with van der Waals surface area (Å²) in [4.78, 5) is 14.4. The standard InChI is InChI=1S/C19H24N4O/c1-4-5-11-19(21-22-19)12-10-18(24)20-15-7-8-16-14(13-15)6-9-17(16)23(2)3/h1,7-8,13,17H,5-6,9-12H2,2-3H3,(H,20,24). The maximum atomic E-state index is 12.2. The van der Waals surface area contributed by atoms with E-state index >= 15 is 0 Å². The third-order valence-electron chi connectivity index (χ3n) is 4.90. The molecule has 1 N–H and O–H groups in total. The van der Waals surface area contributed by atoms with Crippen LogP contribution in [0.25, 0.3) is 0 Å². The molecule has 1 aliphatic carbocycles. The number of nitrogens with one attached hydrogen (secondary N) is 1. The van der Waals surface area contributed by atoms with Crippen molar-refractivity contribution in [2.24, 2.45) is 10.2 Å². The van der Waals surface area contributed by atoms with Crippen LogP contribution in [0.15, 0.2) is 28.4 Å². The monoisotopic (exact) mass is 324 g/mol. The summed E-state index contributed by atoms with van der Waals surface area (Å²) in [7, 11) is 4.22. The van der Waals surface area contributed by atoms with Gasteiger partial charge in [-0.1, -0.05) is 6.07 Å². The molecular weight excluding hydrogens is 300 g/mol. The van der Waals surface area contributed by atoms with Crippen molar-refractivity contribution in [1.29, 1.82) is 0 Å². The van der Waals surface area contributed by atoms with Gasteiger partial charge in [-0.25, -0.2) is 0 Å². The number of benzene rings is 1. The van der Waals surface area contributed by atoms with Gasteiger partial charge < -0.3 is 10.2 Å². The SMILES string of the molecule is C#CCCC1(CCC(=O)Nc2ccc3c(c2)CCC3N(C)C)N=N1. The second-order valence-electron chi connectivity index (χ2n) is 6.87. The zero-order chi connectivity index (χ0) is 17.2. The molecule has 0 aromatic heterocycles. The lowest BCUT2D eigenvalue weighted by Gasteiger charge is -2.20. The van der Waals surface area contributed by atoms with E-state index in [2.05, 4.69) is 52.6 Å². The van der Waals surface area contributed by atoms with Crippen LogP contribution in [0.1, 0.15) is 49.3 Å². The van der Waals surface area contributed by atoms with Crippen LogP contribution in [0.2, 0.25) is 0 Å². The van der Waals surface area contributed by atoms with E-state index in [-0.39, 0.29) is 11.6 Å². The maximum absolute atomic E-state index is 12.2. The minimum absolute atomic E-state index is 0.00879. The first-order valence-electron chi connectivity index (χ1n) is 8.50. The van der Waals surface area contributed by atoms with Crippen molar-refractivity contribution >= 4 is 11.6 Å². The van der Waals surface area contributed by atoms with E-state index in [0.717, 1.165) is 24.9 Å². The van der Waals surface area contributed by atoms with Gasteiger partial charge in [0.2, 0.25) is 5.91 Å². The first kappa shape index (κ1) is 16.7. The van der Waals surface area contributed by atoms with Crippen LogP contribution in [0.5, 0.6) is 0 Å². The Morgan fingerprint density at radius 3 is 2.88 bits per heavy atom. The van der Waals surface area contributed by atoms with Crippen molar-refractivity contribution in [3.05, 3.63) is 29.3 Å². The topological polar surface area (TPSA) is 57.1 Å². The van der Waals surface area contributed by atoms with Gasteiger partial charge in [-0.05, 0) is 50.2 Å². The molecule has 1 atom stereocenters. The number of hydrogen-bond acceptors (Lipinski definition) is 4. The molecular formula is C19H24N4O. The van der Waals surface area contributed by atoms with Crippen molar-refractivity contribution in [3.8, 4) is 12.3 Å². The molecule has 126 valence electrons. The van der Waals surface area contributed by atoms with Gasteiger partial charge in [-0.3, -0.25) is 4.79 Å². The van der Waals surface area contributed by atoms with Crippen molar-refractivity contribution in [3.63, 3.8) is 0 Å². The third-order valence-corrected chi connectivity index (χ3v) is 4.90. The fourth-order valence-corrected chi connectivity index (χ4v) is 3.41. The highest BCUT2D eigenvalue weighted by Crippen LogP contribution is 2.38. The zero-order valence-corrected chi connectivity index (χ0v) is 14.4. The summed E-state index contributed by atoms with van der Waals surface area (Å²) in [6.07, 6.45) is 9.91. The van der Waals surface area contributed by atoms with E-state index < -0.39 is 0 Å². The Morgan fingerprint density at radius 1 is 1.42 bits per heavy atom. The molecule has 0 spiro atoms. The molecule has 2 aliphatic rings. The molecule has 1 aromatic carbocycles. The largest absolute Gasteiger partial charge is 0.326 e. The normalized spacial score (nSPS) is 19.8. The van der Waals surface area contributed by atoms with Crippen LogP contribution in [-0.2, 0) is 11.2 Å². The molecule has 1 aliphatic heterocycles. The number of aryl methyl sites for hydroxylation is 1. The van der Waals surface area contributed by atoms with Gasteiger partial charge in [0.1, 0.15) is 0 Å². The number of hydrogen-bond donors (Lipinski definition) is 1. The van der Waals surface area contributed by atoms with E-state index in [4.69, 9.17) is 6.42 Å². The Morgan fingerprint density at radius 2 is 2.21 bits per heavy atom. The van der Waals surface area contributed by atoms with Crippen LogP contribution in [-0.4, -0.2) is 30.6 Å². The summed E-state index contributed by atoms with van der Waals surface area (Å²) in [6, 6.07) is 6.73.